The normalized spacial score (nSPS) is 19.6. The van der Waals surface area contributed by atoms with Gasteiger partial charge in [0.2, 0.25) is 15.9 Å². The first-order chi connectivity index (χ1) is 17.6. The number of carbonyl (C=O) groups is 1. The first-order valence-electron chi connectivity index (χ1n) is 13.4. The Bertz CT molecular complexity index is 1140. The molecular weight excluding hydrogens is 486 g/mol. The highest BCUT2D eigenvalue weighted by Gasteiger charge is 2.53. The molecule has 2 aliphatic heterocycles. The van der Waals surface area contributed by atoms with Crippen molar-refractivity contribution in [1.29, 1.82) is 0 Å². The second-order valence-corrected chi connectivity index (χ2v) is 13.2. The molecule has 2 saturated heterocycles. The molecule has 202 valence electrons. The van der Waals surface area contributed by atoms with E-state index in [1.165, 1.54) is 0 Å². The molecule has 2 aromatic rings. The predicted octanol–water partition coefficient (Wildman–Crippen LogP) is 4.90. The Morgan fingerprint density at radius 3 is 2.35 bits per heavy atom. The molecule has 0 saturated carbocycles. The number of amides is 1. The summed E-state index contributed by atoms with van der Waals surface area (Å²) in [4.78, 5) is 14.9. The van der Waals surface area contributed by atoms with Crippen molar-refractivity contribution in [3.8, 4) is 5.75 Å². The number of hydrogen-bond donors (Lipinski definition) is 1. The molecule has 1 N–H and O–H groups in total. The van der Waals surface area contributed by atoms with Crippen LogP contribution in [0.2, 0.25) is 0 Å². The Hall–Kier alpha value is -2.42. The Morgan fingerprint density at radius 2 is 1.70 bits per heavy atom. The number of sulfonamides is 1. The van der Waals surface area contributed by atoms with E-state index in [-0.39, 0.29) is 17.1 Å². The predicted molar refractivity (Wildman–Crippen MR) is 148 cm³/mol. The smallest absolute Gasteiger partial charge is 0.238 e. The standard InChI is InChI=1S/C29H41N3O4S/c1-4-5-19-36-26-13-11-25(12-14-26)30-27(33)20-31-17-15-29(16-18-31)22-28(2,3)32(23-29)37(34,35)21-24-9-7-6-8-10-24/h6-14H,4-5,15-23H2,1-3H3,(H,30,33). The monoisotopic (exact) mass is 527 g/mol. The average Bonchev–Trinajstić information content (AvgIpc) is 3.13. The third-order valence-electron chi connectivity index (χ3n) is 7.68. The third-order valence-corrected chi connectivity index (χ3v) is 9.67. The van der Waals surface area contributed by atoms with Crippen molar-refractivity contribution in [1.82, 2.24) is 9.21 Å². The minimum absolute atomic E-state index is 0.0329. The van der Waals surface area contributed by atoms with Gasteiger partial charge in [-0.05, 0) is 87.9 Å². The lowest BCUT2D eigenvalue weighted by atomic mass is 9.74. The highest BCUT2D eigenvalue weighted by molar-refractivity contribution is 7.88. The van der Waals surface area contributed by atoms with Crippen molar-refractivity contribution in [2.75, 3.05) is 38.1 Å². The molecule has 0 aliphatic carbocycles. The SMILES string of the molecule is CCCCOc1ccc(NC(=O)CN2CCC3(CC2)CN(S(=O)(=O)Cc2ccccc2)C(C)(C)C3)cc1. The fourth-order valence-electron chi connectivity index (χ4n) is 5.81. The lowest BCUT2D eigenvalue weighted by Gasteiger charge is -2.39. The summed E-state index contributed by atoms with van der Waals surface area (Å²) in [5.74, 6) is 0.812. The number of piperidine rings is 1. The number of hydrogen-bond acceptors (Lipinski definition) is 5. The summed E-state index contributed by atoms with van der Waals surface area (Å²) < 4.78 is 34.2. The molecule has 4 rings (SSSR count). The van der Waals surface area contributed by atoms with Crippen LogP contribution in [0.25, 0.3) is 0 Å². The molecule has 2 aliphatic rings. The molecule has 1 amide bonds. The van der Waals surface area contributed by atoms with Gasteiger partial charge in [0.1, 0.15) is 5.75 Å². The summed E-state index contributed by atoms with van der Waals surface area (Å²) in [6, 6.07) is 16.9. The maximum atomic E-state index is 13.4. The van der Waals surface area contributed by atoms with Gasteiger partial charge in [-0.25, -0.2) is 8.42 Å². The van der Waals surface area contributed by atoms with Crippen LogP contribution < -0.4 is 10.1 Å². The Labute approximate surface area is 222 Å². The number of ether oxygens (including phenoxy) is 1. The van der Waals surface area contributed by atoms with Gasteiger partial charge in [-0.3, -0.25) is 9.69 Å². The first-order valence-corrected chi connectivity index (χ1v) is 15.0. The molecule has 8 heteroatoms. The van der Waals surface area contributed by atoms with E-state index in [0.717, 1.165) is 62.2 Å². The van der Waals surface area contributed by atoms with E-state index in [9.17, 15) is 13.2 Å². The molecule has 2 fully saturated rings. The first kappa shape index (κ1) is 27.6. The molecule has 2 aromatic carbocycles. The highest BCUT2D eigenvalue weighted by Crippen LogP contribution is 2.49. The second kappa shape index (κ2) is 11.5. The molecule has 2 heterocycles. The van der Waals surface area contributed by atoms with Crippen molar-refractivity contribution in [2.45, 2.75) is 64.2 Å². The zero-order chi connectivity index (χ0) is 26.5. The van der Waals surface area contributed by atoms with Gasteiger partial charge in [0, 0.05) is 17.8 Å². The van der Waals surface area contributed by atoms with Crippen molar-refractivity contribution >= 4 is 21.6 Å². The molecule has 0 radical (unpaired) electrons. The van der Waals surface area contributed by atoms with E-state index in [2.05, 4.69) is 17.1 Å². The quantitative estimate of drug-likeness (QED) is 0.445. The number of benzene rings is 2. The van der Waals surface area contributed by atoms with Crippen LogP contribution in [0.15, 0.2) is 54.6 Å². The van der Waals surface area contributed by atoms with E-state index < -0.39 is 15.6 Å². The van der Waals surface area contributed by atoms with E-state index in [1.807, 2.05) is 68.4 Å². The summed E-state index contributed by atoms with van der Waals surface area (Å²) >= 11 is 0. The highest BCUT2D eigenvalue weighted by atomic mass is 32.2. The van der Waals surface area contributed by atoms with Crippen LogP contribution in [0.4, 0.5) is 5.69 Å². The molecule has 0 atom stereocenters. The second-order valence-electron chi connectivity index (χ2n) is 11.3. The Morgan fingerprint density at radius 1 is 1.03 bits per heavy atom. The maximum Gasteiger partial charge on any atom is 0.238 e. The number of anilines is 1. The Balaban J connectivity index is 1.28. The van der Waals surface area contributed by atoms with Gasteiger partial charge in [-0.15, -0.1) is 0 Å². The molecule has 37 heavy (non-hydrogen) atoms. The van der Waals surface area contributed by atoms with Crippen molar-refractivity contribution in [3.05, 3.63) is 60.2 Å². The zero-order valence-corrected chi connectivity index (χ0v) is 23.2. The zero-order valence-electron chi connectivity index (χ0n) is 22.4. The minimum atomic E-state index is -3.43. The summed E-state index contributed by atoms with van der Waals surface area (Å²) in [6.45, 7) is 9.40. The maximum absolute atomic E-state index is 13.4. The van der Waals surface area contributed by atoms with Gasteiger partial charge < -0.3 is 10.1 Å². The summed E-state index contributed by atoms with van der Waals surface area (Å²) in [6.07, 6.45) is 4.75. The molecule has 0 unspecified atom stereocenters. The van der Waals surface area contributed by atoms with Gasteiger partial charge in [-0.1, -0.05) is 43.7 Å². The van der Waals surface area contributed by atoms with Crippen LogP contribution in [0.3, 0.4) is 0 Å². The van der Waals surface area contributed by atoms with E-state index in [1.54, 1.807) is 4.31 Å². The fourth-order valence-corrected chi connectivity index (χ4v) is 7.87. The summed E-state index contributed by atoms with van der Waals surface area (Å²) in [5.41, 5.74) is 1.13. The third kappa shape index (κ3) is 7.12. The fraction of sp³-hybridized carbons (Fsp3) is 0.552. The molecule has 0 aromatic heterocycles. The van der Waals surface area contributed by atoms with Gasteiger partial charge in [0.25, 0.3) is 0 Å². The largest absolute Gasteiger partial charge is 0.494 e. The van der Waals surface area contributed by atoms with Crippen molar-refractivity contribution in [2.24, 2.45) is 5.41 Å². The van der Waals surface area contributed by atoms with Crippen LogP contribution in [0.1, 0.15) is 58.4 Å². The number of rotatable bonds is 10. The molecule has 1 spiro atoms. The van der Waals surface area contributed by atoms with Crippen molar-refractivity contribution in [3.63, 3.8) is 0 Å². The molecular formula is C29H41N3O4S. The van der Waals surface area contributed by atoms with Gasteiger partial charge >= 0.3 is 0 Å². The summed E-state index contributed by atoms with van der Waals surface area (Å²) in [7, 11) is -3.43. The van der Waals surface area contributed by atoms with Gasteiger partial charge in [-0.2, -0.15) is 4.31 Å². The number of nitrogens with zero attached hydrogens (tertiary/aromatic N) is 2. The number of likely N-dealkylation sites (tertiary alicyclic amines) is 1. The number of nitrogens with one attached hydrogen (secondary N) is 1. The van der Waals surface area contributed by atoms with Gasteiger partial charge in [0.05, 0.1) is 18.9 Å². The van der Waals surface area contributed by atoms with Crippen LogP contribution >= 0.6 is 0 Å². The van der Waals surface area contributed by atoms with E-state index >= 15 is 0 Å². The van der Waals surface area contributed by atoms with Crippen LogP contribution in [-0.4, -0.2) is 61.9 Å². The number of carbonyl (C=O) groups excluding carboxylic acids is 1. The Kier molecular flexibility index (Phi) is 8.61. The van der Waals surface area contributed by atoms with E-state index in [4.69, 9.17) is 4.74 Å². The lowest BCUT2D eigenvalue weighted by molar-refractivity contribution is -0.117. The van der Waals surface area contributed by atoms with Crippen LogP contribution in [-0.2, 0) is 20.6 Å². The topological polar surface area (TPSA) is 79.0 Å². The van der Waals surface area contributed by atoms with Crippen molar-refractivity contribution < 1.29 is 17.9 Å². The van der Waals surface area contributed by atoms with Crippen LogP contribution in [0.5, 0.6) is 5.75 Å². The minimum Gasteiger partial charge on any atom is -0.494 e. The molecule has 0 bridgehead atoms. The number of unbranched alkanes of at least 4 members (excludes halogenated alkanes) is 1. The molecule has 7 nitrogen and oxygen atoms in total. The lowest BCUT2D eigenvalue weighted by Crippen LogP contribution is -2.45. The van der Waals surface area contributed by atoms with Crippen LogP contribution in [0, 0.1) is 5.41 Å². The van der Waals surface area contributed by atoms with E-state index in [0.29, 0.717) is 19.7 Å². The summed E-state index contributed by atoms with van der Waals surface area (Å²) in [5, 5.41) is 2.98. The average molecular weight is 528 g/mol. The van der Waals surface area contributed by atoms with Gasteiger partial charge in [0.15, 0.2) is 0 Å².